The molecule has 4 nitrogen and oxygen atoms in total. The van der Waals surface area contributed by atoms with Gasteiger partial charge in [0, 0.05) is 43.6 Å². The van der Waals surface area contributed by atoms with Crippen LogP contribution in [-0.4, -0.2) is 29.1 Å². The average Bonchev–Trinajstić information content (AvgIpc) is 2.38. The van der Waals surface area contributed by atoms with Crippen LogP contribution >= 0.6 is 0 Å². The molecule has 0 radical (unpaired) electrons. The highest BCUT2D eigenvalue weighted by Gasteiger charge is 2.17. The van der Waals surface area contributed by atoms with Crippen molar-refractivity contribution in [2.45, 2.75) is 46.2 Å². The van der Waals surface area contributed by atoms with Crippen LogP contribution in [0.25, 0.3) is 0 Å². The van der Waals surface area contributed by atoms with Crippen LogP contribution < -0.4 is 10.2 Å². The summed E-state index contributed by atoms with van der Waals surface area (Å²) < 4.78 is 0. The van der Waals surface area contributed by atoms with Crippen LogP contribution in [0.2, 0.25) is 0 Å². The highest BCUT2D eigenvalue weighted by Crippen LogP contribution is 2.19. The van der Waals surface area contributed by atoms with E-state index in [9.17, 15) is 0 Å². The minimum absolute atomic E-state index is 0.494. The van der Waals surface area contributed by atoms with E-state index >= 15 is 0 Å². The molecule has 0 aliphatic carbocycles. The zero-order chi connectivity index (χ0) is 13.0. The summed E-state index contributed by atoms with van der Waals surface area (Å²) in [4.78, 5) is 11.3. The first kappa shape index (κ1) is 13.3. The average molecular weight is 248 g/mol. The SMILES string of the molecule is CC1CCN(c2ncc(CNC(C)C)cn2)CC1. The molecule has 1 aliphatic heterocycles. The maximum absolute atomic E-state index is 4.48. The number of hydrogen-bond donors (Lipinski definition) is 1. The van der Waals surface area contributed by atoms with Crippen LogP contribution in [-0.2, 0) is 6.54 Å². The lowest BCUT2D eigenvalue weighted by Gasteiger charge is -2.30. The van der Waals surface area contributed by atoms with Gasteiger partial charge in [0.15, 0.2) is 0 Å². The summed E-state index contributed by atoms with van der Waals surface area (Å²) in [6.07, 6.45) is 6.38. The molecule has 0 spiro atoms. The zero-order valence-electron chi connectivity index (χ0n) is 11.7. The maximum Gasteiger partial charge on any atom is 0.225 e. The van der Waals surface area contributed by atoms with E-state index in [0.29, 0.717) is 6.04 Å². The number of nitrogens with one attached hydrogen (secondary N) is 1. The topological polar surface area (TPSA) is 41.1 Å². The minimum Gasteiger partial charge on any atom is -0.341 e. The lowest BCUT2D eigenvalue weighted by atomic mass is 10.00. The molecule has 0 unspecified atom stereocenters. The summed E-state index contributed by atoms with van der Waals surface area (Å²) in [5.41, 5.74) is 1.15. The van der Waals surface area contributed by atoms with Crippen LogP contribution in [0.1, 0.15) is 39.2 Å². The second-order valence-corrected chi connectivity index (χ2v) is 5.60. The first-order valence-corrected chi connectivity index (χ1v) is 6.94. The summed E-state index contributed by atoms with van der Waals surface area (Å²) >= 11 is 0. The summed E-state index contributed by atoms with van der Waals surface area (Å²) in [6.45, 7) is 9.62. The van der Waals surface area contributed by atoms with Crippen molar-refractivity contribution in [3.8, 4) is 0 Å². The highest BCUT2D eigenvalue weighted by atomic mass is 15.2. The number of piperidine rings is 1. The molecule has 1 fully saturated rings. The van der Waals surface area contributed by atoms with Gasteiger partial charge in [0.2, 0.25) is 5.95 Å². The second kappa shape index (κ2) is 6.14. The van der Waals surface area contributed by atoms with Gasteiger partial charge in [-0.2, -0.15) is 0 Å². The Morgan fingerprint density at radius 1 is 1.28 bits per heavy atom. The standard InChI is InChI=1S/C14H24N4/c1-11(2)15-8-13-9-16-14(17-10-13)18-6-4-12(3)5-7-18/h9-12,15H,4-8H2,1-3H3. The fraction of sp³-hybridized carbons (Fsp3) is 0.714. The number of anilines is 1. The van der Waals surface area contributed by atoms with Gasteiger partial charge in [0.1, 0.15) is 0 Å². The van der Waals surface area contributed by atoms with Crippen molar-refractivity contribution >= 4 is 5.95 Å². The third-order valence-corrected chi connectivity index (χ3v) is 3.47. The van der Waals surface area contributed by atoms with E-state index in [0.717, 1.165) is 37.1 Å². The van der Waals surface area contributed by atoms with Crippen LogP contribution in [0.5, 0.6) is 0 Å². The van der Waals surface area contributed by atoms with Crippen LogP contribution in [0.3, 0.4) is 0 Å². The lowest BCUT2D eigenvalue weighted by Crippen LogP contribution is -2.34. The smallest absolute Gasteiger partial charge is 0.225 e. The van der Waals surface area contributed by atoms with Gasteiger partial charge in [-0.25, -0.2) is 9.97 Å². The molecule has 1 saturated heterocycles. The summed E-state index contributed by atoms with van der Waals surface area (Å²) in [6, 6.07) is 0.494. The molecule has 0 saturated carbocycles. The highest BCUT2D eigenvalue weighted by molar-refractivity contribution is 5.30. The van der Waals surface area contributed by atoms with Crippen LogP contribution in [0, 0.1) is 5.92 Å². The van der Waals surface area contributed by atoms with E-state index in [4.69, 9.17) is 0 Å². The van der Waals surface area contributed by atoms with E-state index in [2.05, 4.69) is 41.0 Å². The fourth-order valence-corrected chi connectivity index (χ4v) is 2.13. The molecule has 1 aliphatic rings. The molecule has 0 amide bonds. The summed E-state index contributed by atoms with van der Waals surface area (Å²) in [5.74, 6) is 1.73. The normalized spacial score (nSPS) is 17.4. The first-order chi connectivity index (χ1) is 8.65. The minimum atomic E-state index is 0.494. The largest absolute Gasteiger partial charge is 0.341 e. The first-order valence-electron chi connectivity index (χ1n) is 6.94. The molecule has 4 heteroatoms. The lowest BCUT2D eigenvalue weighted by molar-refractivity contribution is 0.434. The van der Waals surface area contributed by atoms with Crippen molar-refractivity contribution in [2.24, 2.45) is 5.92 Å². The molecule has 1 aromatic heterocycles. The number of nitrogens with zero attached hydrogens (tertiary/aromatic N) is 3. The van der Waals surface area contributed by atoms with Gasteiger partial charge in [-0.3, -0.25) is 0 Å². The molecule has 100 valence electrons. The third-order valence-electron chi connectivity index (χ3n) is 3.47. The number of hydrogen-bond acceptors (Lipinski definition) is 4. The Balaban J connectivity index is 1.91. The Bertz CT molecular complexity index is 353. The molecular weight excluding hydrogens is 224 g/mol. The summed E-state index contributed by atoms with van der Waals surface area (Å²) in [7, 11) is 0. The zero-order valence-corrected chi connectivity index (χ0v) is 11.7. The van der Waals surface area contributed by atoms with Gasteiger partial charge in [0.25, 0.3) is 0 Å². The maximum atomic E-state index is 4.48. The van der Waals surface area contributed by atoms with E-state index in [1.807, 2.05) is 12.4 Å². The monoisotopic (exact) mass is 248 g/mol. The van der Waals surface area contributed by atoms with Crippen molar-refractivity contribution in [1.82, 2.24) is 15.3 Å². The molecule has 0 atom stereocenters. The fourth-order valence-electron chi connectivity index (χ4n) is 2.13. The van der Waals surface area contributed by atoms with Crippen molar-refractivity contribution in [1.29, 1.82) is 0 Å². The van der Waals surface area contributed by atoms with Crippen LogP contribution in [0.4, 0.5) is 5.95 Å². The van der Waals surface area contributed by atoms with Crippen molar-refractivity contribution < 1.29 is 0 Å². The molecule has 1 aromatic rings. The van der Waals surface area contributed by atoms with Gasteiger partial charge in [-0.15, -0.1) is 0 Å². The molecule has 2 heterocycles. The van der Waals surface area contributed by atoms with Gasteiger partial charge in [0.05, 0.1) is 0 Å². The van der Waals surface area contributed by atoms with E-state index < -0.39 is 0 Å². The number of aromatic nitrogens is 2. The van der Waals surface area contributed by atoms with E-state index in [1.165, 1.54) is 12.8 Å². The van der Waals surface area contributed by atoms with Gasteiger partial charge < -0.3 is 10.2 Å². The Labute approximate surface area is 110 Å². The Hall–Kier alpha value is -1.16. The molecule has 2 rings (SSSR count). The quantitative estimate of drug-likeness (QED) is 0.887. The van der Waals surface area contributed by atoms with E-state index in [1.54, 1.807) is 0 Å². The van der Waals surface area contributed by atoms with Gasteiger partial charge >= 0.3 is 0 Å². The van der Waals surface area contributed by atoms with E-state index in [-0.39, 0.29) is 0 Å². The molecular formula is C14H24N4. The van der Waals surface area contributed by atoms with Crippen molar-refractivity contribution in [3.05, 3.63) is 18.0 Å². The van der Waals surface area contributed by atoms with Gasteiger partial charge in [-0.05, 0) is 18.8 Å². The third kappa shape index (κ3) is 3.67. The van der Waals surface area contributed by atoms with Crippen molar-refractivity contribution in [3.63, 3.8) is 0 Å². The molecule has 18 heavy (non-hydrogen) atoms. The predicted molar refractivity (Wildman–Crippen MR) is 74.6 cm³/mol. The van der Waals surface area contributed by atoms with Crippen molar-refractivity contribution in [2.75, 3.05) is 18.0 Å². The predicted octanol–water partition coefficient (Wildman–Crippen LogP) is 2.21. The van der Waals surface area contributed by atoms with Crippen LogP contribution in [0.15, 0.2) is 12.4 Å². The Morgan fingerprint density at radius 2 is 1.89 bits per heavy atom. The molecule has 0 aromatic carbocycles. The molecule has 1 N–H and O–H groups in total. The Morgan fingerprint density at radius 3 is 2.44 bits per heavy atom. The molecule has 0 bridgehead atoms. The second-order valence-electron chi connectivity index (χ2n) is 5.60. The van der Waals surface area contributed by atoms with Gasteiger partial charge in [-0.1, -0.05) is 20.8 Å². The Kier molecular flexibility index (Phi) is 4.53. The summed E-state index contributed by atoms with van der Waals surface area (Å²) in [5, 5.41) is 3.37. The number of rotatable bonds is 4.